The number of aryl methyl sites for hydroxylation is 1. The normalized spacial score (nSPS) is 22.9. The Morgan fingerprint density at radius 1 is 1.21 bits per heavy atom. The molecule has 1 saturated heterocycles. The summed E-state index contributed by atoms with van der Waals surface area (Å²) in [4.78, 5) is 0. The molecule has 1 spiro atoms. The van der Waals surface area contributed by atoms with E-state index in [2.05, 4.69) is 34.1 Å². The molecule has 1 heterocycles. The van der Waals surface area contributed by atoms with Gasteiger partial charge in [0.1, 0.15) is 0 Å². The number of benzene rings is 1. The van der Waals surface area contributed by atoms with E-state index >= 15 is 0 Å². The predicted octanol–water partition coefficient (Wildman–Crippen LogP) is 2.59. The zero-order chi connectivity index (χ0) is 9.60. The highest BCUT2D eigenvalue weighted by Crippen LogP contribution is 2.43. The standard InChI is InChI=1S/C11H11BrO2/c12-9-1-2-10-8(7-9)3-4-11(10)13-5-6-14-11/h1-2,7H,3-6H2. The third-order valence-electron chi connectivity index (χ3n) is 2.95. The lowest BCUT2D eigenvalue weighted by Crippen LogP contribution is -2.23. The summed E-state index contributed by atoms with van der Waals surface area (Å²) in [6.45, 7) is 1.44. The number of hydrogen-bond acceptors (Lipinski definition) is 2. The van der Waals surface area contributed by atoms with Crippen LogP contribution in [0.5, 0.6) is 0 Å². The maximum Gasteiger partial charge on any atom is 0.195 e. The zero-order valence-electron chi connectivity index (χ0n) is 7.75. The highest BCUT2D eigenvalue weighted by Gasteiger charge is 2.43. The van der Waals surface area contributed by atoms with Gasteiger partial charge in [0.05, 0.1) is 13.2 Å². The van der Waals surface area contributed by atoms with Gasteiger partial charge in [-0.05, 0) is 24.1 Å². The molecule has 0 bridgehead atoms. The minimum Gasteiger partial charge on any atom is -0.343 e. The summed E-state index contributed by atoms with van der Waals surface area (Å²) in [7, 11) is 0. The van der Waals surface area contributed by atoms with Crippen molar-refractivity contribution in [3.63, 3.8) is 0 Å². The molecule has 3 heteroatoms. The summed E-state index contributed by atoms with van der Waals surface area (Å²) in [5.41, 5.74) is 2.57. The second kappa shape index (κ2) is 3.05. The topological polar surface area (TPSA) is 18.5 Å². The van der Waals surface area contributed by atoms with E-state index in [1.54, 1.807) is 0 Å². The Labute approximate surface area is 91.3 Å². The molecule has 1 aromatic rings. The molecule has 1 aliphatic carbocycles. The lowest BCUT2D eigenvalue weighted by atomic mass is 10.1. The van der Waals surface area contributed by atoms with Crippen molar-refractivity contribution in [2.24, 2.45) is 0 Å². The van der Waals surface area contributed by atoms with Crippen LogP contribution in [0, 0.1) is 0 Å². The average Bonchev–Trinajstić information content (AvgIpc) is 2.77. The number of hydrogen-bond donors (Lipinski definition) is 0. The number of rotatable bonds is 0. The molecule has 0 unspecified atom stereocenters. The van der Waals surface area contributed by atoms with Crippen molar-refractivity contribution in [3.8, 4) is 0 Å². The summed E-state index contributed by atoms with van der Waals surface area (Å²) in [6, 6.07) is 6.32. The SMILES string of the molecule is Brc1ccc2c(c1)CCC21OCCO1. The highest BCUT2D eigenvalue weighted by atomic mass is 79.9. The molecule has 0 aromatic heterocycles. The fraction of sp³-hybridized carbons (Fsp3) is 0.455. The van der Waals surface area contributed by atoms with Crippen LogP contribution in [0.25, 0.3) is 0 Å². The summed E-state index contributed by atoms with van der Waals surface area (Å²) in [5.74, 6) is -0.407. The van der Waals surface area contributed by atoms with E-state index in [1.165, 1.54) is 11.1 Å². The van der Waals surface area contributed by atoms with Crippen LogP contribution < -0.4 is 0 Å². The Bertz CT molecular complexity index is 370. The smallest absolute Gasteiger partial charge is 0.195 e. The molecule has 14 heavy (non-hydrogen) atoms. The summed E-state index contributed by atoms with van der Waals surface area (Å²) < 4.78 is 12.6. The van der Waals surface area contributed by atoms with Crippen molar-refractivity contribution < 1.29 is 9.47 Å². The second-order valence-electron chi connectivity index (χ2n) is 3.75. The summed E-state index contributed by atoms with van der Waals surface area (Å²) in [5, 5.41) is 0. The van der Waals surface area contributed by atoms with E-state index in [-0.39, 0.29) is 0 Å². The Hall–Kier alpha value is -0.380. The van der Waals surface area contributed by atoms with E-state index in [0.29, 0.717) is 0 Å². The Morgan fingerprint density at radius 2 is 2.00 bits per heavy atom. The number of fused-ring (bicyclic) bond motifs is 2. The molecule has 1 aliphatic heterocycles. The second-order valence-corrected chi connectivity index (χ2v) is 4.67. The fourth-order valence-electron chi connectivity index (χ4n) is 2.33. The molecule has 0 N–H and O–H groups in total. The van der Waals surface area contributed by atoms with Gasteiger partial charge in [-0.2, -0.15) is 0 Å². The summed E-state index contributed by atoms with van der Waals surface area (Å²) >= 11 is 3.48. The summed E-state index contributed by atoms with van der Waals surface area (Å²) in [6.07, 6.45) is 2.01. The largest absolute Gasteiger partial charge is 0.343 e. The van der Waals surface area contributed by atoms with Crippen LogP contribution in [0.4, 0.5) is 0 Å². The van der Waals surface area contributed by atoms with E-state index in [1.807, 2.05) is 0 Å². The first-order valence-corrected chi connectivity index (χ1v) is 5.66. The molecule has 74 valence electrons. The fourth-order valence-corrected chi connectivity index (χ4v) is 2.74. The van der Waals surface area contributed by atoms with Crippen LogP contribution in [0.15, 0.2) is 22.7 Å². The van der Waals surface area contributed by atoms with E-state index in [4.69, 9.17) is 9.47 Å². The molecule has 1 fully saturated rings. The van der Waals surface area contributed by atoms with Crippen molar-refractivity contribution in [3.05, 3.63) is 33.8 Å². The van der Waals surface area contributed by atoms with Gasteiger partial charge in [0.15, 0.2) is 5.79 Å². The van der Waals surface area contributed by atoms with Crippen molar-refractivity contribution in [2.45, 2.75) is 18.6 Å². The minimum absolute atomic E-state index is 0.407. The average molecular weight is 255 g/mol. The van der Waals surface area contributed by atoms with Gasteiger partial charge in [0.2, 0.25) is 0 Å². The molecule has 3 rings (SSSR count). The van der Waals surface area contributed by atoms with Crippen LogP contribution in [-0.2, 0) is 21.7 Å². The van der Waals surface area contributed by atoms with Gasteiger partial charge in [-0.15, -0.1) is 0 Å². The molecule has 0 radical (unpaired) electrons. The first-order chi connectivity index (χ1) is 6.80. The van der Waals surface area contributed by atoms with Crippen LogP contribution in [0.1, 0.15) is 17.5 Å². The minimum atomic E-state index is -0.407. The van der Waals surface area contributed by atoms with Crippen molar-refractivity contribution in [1.29, 1.82) is 0 Å². The van der Waals surface area contributed by atoms with Gasteiger partial charge in [-0.3, -0.25) is 0 Å². The van der Waals surface area contributed by atoms with Crippen LogP contribution >= 0.6 is 15.9 Å². The van der Waals surface area contributed by atoms with Crippen molar-refractivity contribution in [2.75, 3.05) is 13.2 Å². The van der Waals surface area contributed by atoms with Crippen LogP contribution in [0.2, 0.25) is 0 Å². The van der Waals surface area contributed by atoms with Gasteiger partial charge >= 0.3 is 0 Å². The van der Waals surface area contributed by atoms with Gasteiger partial charge in [-0.1, -0.05) is 22.0 Å². The van der Waals surface area contributed by atoms with Gasteiger partial charge in [0.25, 0.3) is 0 Å². The Morgan fingerprint density at radius 3 is 2.79 bits per heavy atom. The lowest BCUT2D eigenvalue weighted by Gasteiger charge is -2.22. The first-order valence-electron chi connectivity index (χ1n) is 4.87. The molecular weight excluding hydrogens is 244 g/mol. The zero-order valence-corrected chi connectivity index (χ0v) is 9.34. The van der Waals surface area contributed by atoms with Gasteiger partial charge in [-0.25, -0.2) is 0 Å². The molecular formula is C11H11BrO2. The maximum absolute atomic E-state index is 5.73. The number of halogens is 1. The number of ether oxygens (including phenoxy) is 2. The van der Waals surface area contributed by atoms with E-state index < -0.39 is 5.79 Å². The quantitative estimate of drug-likeness (QED) is 0.709. The molecule has 1 aromatic carbocycles. The maximum atomic E-state index is 5.73. The van der Waals surface area contributed by atoms with Crippen LogP contribution in [-0.4, -0.2) is 13.2 Å². The Kier molecular flexibility index (Phi) is 1.94. The highest BCUT2D eigenvalue weighted by molar-refractivity contribution is 9.10. The van der Waals surface area contributed by atoms with E-state index in [9.17, 15) is 0 Å². The molecule has 0 amide bonds. The first kappa shape index (κ1) is 8.89. The molecule has 2 nitrogen and oxygen atoms in total. The Balaban J connectivity index is 2.09. The molecule has 0 saturated carbocycles. The lowest BCUT2D eigenvalue weighted by molar-refractivity contribution is -0.163. The van der Waals surface area contributed by atoms with Crippen molar-refractivity contribution >= 4 is 15.9 Å². The third kappa shape index (κ3) is 1.16. The molecule has 0 atom stereocenters. The van der Waals surface area contributed by atoms with E-state index in [0.717, 1.165) is 30.5 Å². The third-order valence-corrected chi connectivity index (χ3v) is 3.45. The van der Waals surface area contributed by atoms with Gasteiger partial charge < -0.3 is 9.47 Å². The monoisotopic (exact) mass is 254 g/mol. The predicted molar refractivity (Wildman–Crippen MR) is 56.0 cm³/mol. The van der Waals surface area contributed by atoms with Crippen LogP contribution in [0.3, 0.4) is 0 Å². The van der Waals surface area contributed by atoms with Crippen molar-refractivity contribution in [1.82, 2.24) is 0 Å². The van der Waals surface area contributed by atoms with Gasteiger partial charge in [0, 0.05) is 16.5 Å². The molecule has 2 aliphatic rings.